The van der Waals surface area contributed by atoms with Crippen LogP contribution in [-0.4, -0.2) is 48.7 Å². The van der Waals surface area contributed by atoms with Crippen LogP contribution in [-0.2, 0) is 4.79 Å². The molecule has 1 N–H and O–H groups in total. The quantitative estimate of drug-likeness (QED) is 0.897. The molecule has 1 fully saturated rings. The molecule has 20 heavy (non-hydrogen) atoms. The number of thioether (sulfide) groups is 1. The zero-order chi connectivity index (χ0) is 13.7. The van der Waals surface area contributed by atoms with Crippen LogP contribution in [0.5, 0.6) is 5.75 Å². The van der Waals surface area contributed by atoms with Gasteiger partial charge in [0.05, 0.1) is 12.6 Å². The van der Waals surface area contributed by atoms with Crippen LogP contribution in [0, 0.1) is 5.82 Å². The van der Waals surface area contributed by atoms with Crippen molar-refractivity contribution in [2.45, 2.75) is 6.04 Å². The molecular weight excluding hydrogens is 303 g/mol. The van der Waals surface area contributed by atoms with E-state index in [9.17, 15) is 9.18 Å². The van der Waals surface area contributed by atoms with Gasteiger partial charge in [0.25, 0.3) is 0 Å². The third-order valence-electron chi connectivity index (χ3n) is 2.90. The van der Waals surface area contributed by atoms with Crippen LogP contribution in [0.3, 0.4) is 0 Å². The molecule has 1 aromatic rings. The monoisotopic (exact) mass is 320 g/mol. The topological polar surface area (TPSA) is 41.6 Å². The van der Waals surface area contributed by atoms with Crippen molar-refractivity contribution in [3.05, 3.63) is 30.1 Å². The van der Waals surface area contributed by atoms with Gasteiger partial charge in [-0.05, 0) is 24.3 Å². The maximum absolute atomic E-state index is 12.7. The SMILES string of the molecule is CN(CCOc1ccc(F)cc1)C(=O)C1CSCN1.Cl. The Morgan fingerprint density at radius 1 is 1.50 bits per heavy atom. The van der Waals surface area contributed by atoms with Crippen LogP contribution in [0.2, 0.25) is 0 Å². The minimum Gasteiger partial charge on any atom is -0.492 e. The molecule has 1 aliphatic rings. The molecular formula is C13H18ClFN2O2S. The highest BCUT2D eigenvalue weighted by Crippen LogP contribution is 2.12. The van der Waals surface area contributed by atoms with E-state index in [4.69, 9.17) is 4.74 Å². The first-order valence-electron chi connectivity index (χ1n) is 6.11. The number of amides is 1. The predicted octanol–water partition coefficient (Wildman–Crippen LogP) is 1.75. The number of nitrogens with one attached hydrogen (secondary N) is 1. The van der Waals surface area contributed by atoms with Gasteiger partial charge in [-0.25, -0.2) is 4.39 Å². The summed E-state index contributed by atoms with van der Waals surface area (Å²) in [5, 5.41) is 3.14. The molecule has 7 heteroatoms. The molecule has 0 radical (unpaired) electrons. The van der Waals surface area contributed by atoms with Crippen LogP contribution in [0.15, 0.2) is 24.3 Å². The van der Waals surface area contributed by atoms with E-state index >= 15 is 0 Å². The zero-order valence-corrected chi connectivity index (χ0v) is 12.8. The maximum atomic E-state index is 12.7. The molecule has 2 rings (SSSR count). The number of benzene rings is 1. The Hall–Kier alpha value is -0.980. The number of likely N-dealkylation sites (N-methyl/N-ethyl adjacent to an activating group) is 1. The highest BCUT2D eigenvalue weighted by Gasteiger charge is 2.25. The Balaban J connectivity index is 0.00000200. The van der Waals surface area contributed by atoms with E-state index in [2.05, 4.69) is 5.32 Å². The van der Waals surface area contributed by atoms with Gasteiger partial charge < -0.3 is 9.64 Å². The van der Waals surface area contributed by atoms with Crippen molar-refractivity contribution in [2.75, 3.05) is 31.8 Å². The molecule has 1 heterocycles. The summed E-state index contributed by atoms with van der Waals surface area (Å²) in [5.74, 6) is 2.06. The van der Waals surface area contributed by atoms with E-state index in [1.807, 2.05) is 0 Å². The van der Waals surface area contributed by atoms with Gasteiger partial charge in [0.2, 0.25) is 5.91 Å². The fourth-order valence-electron chi connectivity index (χ4n) is 1.76. The number of rotatable bonds is 5. The molecule has 0 aromatic heterocycles. The van der Waals surface area contributed by atoms with Crippen LogP contribution in [0.25, 0.3) is 0 Å². The minimum absolute atomic E-state index is 0. The molecule has 1 aromatic carbocycles. The van der Waals surface area contributed by atoms with Crippen molar-refractivity contribution in [3.8, 4) is 5.75 Å². The summed E-state index contributed by atoms with van der Waals surface area (Å²) in [4.78, 5) is 13.6. The summed E-state index contributed by atoms with van der Waals surface area (Å²) in [6.07, 6.45) is 0. The van der Waals surface area contributed by atoms with Gasteiger partial charge in [0.1, 0.15) is 18.2 Å². The lowest BCUT2D eigenvalue weighted by molar-refractivity contribution is -0.131. The first kappa shape index (κ1) is 17.1. The van der Waals surface area contributed by atoms with E-state index in [0.29, 0.717) is 18.9 Å². The number of nitrogens with zero attached hydrogens (tertiary/aromatic N) is 1. The highest BCUT2D eigenvalue weighted by atomic mass is 35.5. The molecule has 1 atom stereocenters. The summed E-state index contributed by atoms with van der Waals surface area (Å²) < 4.78 is 18.2. The molecule has 0 bridgehead atoms. The number of carbonyl (C=O) groups is 1. The third-order valence-corrected chi connectivity index (χ3v) is 3.84. The number of carbonyl (C=O) groups excluding carboxylic acids is 1. The third kappa shape index (κ3) is 4.85. The smallest absolute Gasteiger partial charge is 0.240 e. The van der Waals surface area contributed by atoms with Crippen molar-refractivity contribution >= 4 is 30.1 Å². The molecule has 4 nitrogen and oxygen atoms in total. The first-order chi connectivity index (χ1) is 9.16. The Morgan fingerprint density at radius 2 is 2.20 bits per heavy atom. The Kier molecular flexibility index (Phi) is 7.12. The Morgan fingerprint density at radius 3 is 2.80 bits per heavy atom. The van der Waals surface area contributed by atoms with Gasteiger partial charge >= 0.3 is 0 Å². The van der Waals surface area contributed by atoms with Gasteiger partial charge in [-0.1, -0.05) is 0 Å². The van der Waals surface area contributed by atoms with E-state index in [0.717, 1.165) is 11.6 Å². The lowest BCUT2D eigenvalue weighted by atomic mass is 10.3. The zero-order valence-electron chi connectivity index (χ0n) is 11.2. The van der Waals surface area contributed by atoms with E-state index in [1.165, 1.54) is 12.1 Å². The second-order valence-corrected chi connectivity index (χ2v) is 5.36. The average Bonchev–Trinajstić information content (AvgIpc) is 2.94. The molecule has 0 aliphatic carbocycles. The van der Waals surface area contributed by atoms with E-state index < -0.39 is 0 Å². The molecule has 0 spiro atoms. The van der Waals surface area contributed by atoms with Crippen molar-refractivity contribution in [1.82, 2.24) is 10.2 Å². The van der Waals surface area contributed by atoms with Gasteiger partial charge in [0, 0.05) is 18.7 Å². The largest absolute Gasteiger partial charge is 0.492 e. The average molecular weight is 321 g/mol. The van der Waals surface area contributed by atoms with Crippen LogP contribution < -0.4 is 10.1 Å². The normalized spacial score (nSPS) is 17.4. The molecule has 1 saturated heterocycles. The molecule has 112 valence electrons. The van der Waals surface area contributed by atoms with Crippen molar-refractivity contribution in [3.63, 3.8) is 0 Å². The molecule has 0 saturated carbocycles. The molecule has 1 unspecified atom stereocenters. The van der Waals surface area contributed by atoms with Crippen molar-refractivity contribution in [1.29, 1.82) is 0 Å². The maximum Gasteiger partial charge on any atom is 0.240 e. The molecule has 1 amide bonds. The van der Waals surface area contributed by atoms with Crippen molar-refractivity contribution in [2.24, 2.45) is 0 Å². The van der Waals surface area contributed by atoms with Crippen LogP contribution in [0.1, 0.15) is 0 Å². The lowest BCUT2D eigenvalue weighted by Gasteiger charge is -2.20. The van der Waals surface area contributed by atoms with Crippen molar-refractivity contribution < 1.29 is 13.9 Å². The predicted molar refractivity (Wildman–Crippen MR) is 81.0 cm³/mol. The minimum atomic E-state index is -0.288. The summed E-state index contributed by atoms with van der Waals surface area (Å²) in [6, 6.07) is 5.77. The summed E-state index contributed by atoms with van der Waals surface area (Å²) >= 11 is 1.72. The second kappa shape index (κ2) is 8.34. The summed E-state index contributed by atoms with van der Waals surface area (Å²) in [6.45, 7) is 0.910. The summed E-state index contributed by atoms with van der Waals surface area (Å²) in [7, 11) is 1.76. The standard InChI is InChI=1S/C13H17FN2O2S.ClH/c1-16(13(17)12-8-19-9-15-12)6-7-18-11-4-2-10(14)3-5-11;/h2-5,12,15H,6-9H2,1H3;1H. The number of halogens is 2. The number of hydrogen-bond acceptors (Lipinski definition) is 4. The Bertz CT molecular complexity index is 427. The lowest BCUT2D eigenvalue weighted by Crippen LogP contribution is -2.44. The van der Waals surface area contributed by atoms with Gasteiger partial charge in [-0.2, -0.15) is 0 Å². The first-order valence-corrected chi connectivity index (χ1v) is 7.27. The molecule has 1 aliphatic heterocycles. The summed E-state index contributed by atoms with van der Waals surface area (Å²) in [5.41, 5.74) is 0. The van der Waals surface area contributed by atoms with Crippen LogP contribution >= 0.6 is 24.2 Å². The second-order valence-electron chi connectivity index (χ2n) is 4.33. The van der Waals surface area contributed by atoms with Crippen LogP contribution in [0.4, 0.5) is 4.39 Å². The number of hydrogen-bond donors (Lipinski definition) is 1. The van der Waals surface area contributed by atoms with E-state index in [-0.39, 0.29) is 30.2 Å². The number of ether oxygens (including phenoxy) is 1. The van der Waals surface area contributed by atoms with Gasteiger partial charge in [-0.15, -0.1) is 24.2 Å². The fourth-order valence-corrected chi connectivity index (χ4v) is 2.69. The van der Waals surface area contributed by atoms with Gasteiger partial charge in [0.15, 0.2) is 0 Å². The fraction of sp³-hybridized carbons (Fsp3) is 0.462. The van der Waals surface area contributed by atoms with Gasteiger partial charge in [-0.3, -0.25) is 10.1 Å². The Labute approximate surface area is 128 Å². The van der Waals surface area contributed by atoms with E-state index in [1.54, 1.807) is 35.8 Å². The highest BCUT2D eigenvalue weighted by molar-refractivity contribution is 7.99.